The van der Waals surface area contributed by atoms with Gasteiger partial charge in [-0.2, -0.15) is 0 Å². The maximum Gasteiger partial charge on any atom is 0.333 e. The molecule has 3 aliphatic carbocycles. The van der Waals surface area contributed by atoms with Crippen molar-refractivity contribution in [1.29, 1.82) is 0 Å². The fraction of sp³-hybridized carbons (Fsp3) is 0.800. The van der Waals surface area contributed by atoms with E-state index in [1.165, 1.54) is 12.7 Å². The minimum absolute atomic E-state index is 0.0389. The molecule has 0 amide bonds. The Labute approximate surface area is 189 Å². The summed E-state index contributed by atoms with van der Waals surface area (Å²) in [5.74, 6) is 0.688. The van der Waals surface area contributed by atoms with Crippen molar-refractivity contribution in [3.63, 3.8) is 0 Å². The highest BCUT2D eigenvalue weighted by Gasteiger charge is 2.57. The van der Waals surface area contributed by atoms with Gasteiger partial charge < -0.3 is 18.6 Å². The van der Waals surface area contributed by atoms with Crippen molar-refractivity contribution in [2.75, 3.05) is 21.0 Å². The normalized spacial score (nSPS) is 33.7. The highest BCUT2D eigenvalue weighted by molar-refractivity contribution is 6.74. The molecule has 176 valence electrons. The summed E-state index contributed by atoms with van der Waals surface area (Å²) in [4.78, 5) is 12.3. The molecule has 0 aliphatic heterocycles. The van der Waals surface area contributed by atoms with E-state index in [1.54, 1.807) is 7.11 Å². The third kappa shape index (κ3) is 4.73. The second-order valence-electron chi connectivity index (χ2n) is 11.3. The van der Waals surface area contributed by atoms with Crippen LogP contribution < -0.4 is 0 Å². The van der Waals surface area contributed by atoms with Gasteiger partial charge in [0.2, 0.25) is 0 Å². The molecule has 2 fully saturated rings. The zero-order chi connectivity index (χ0) is 23.0. The minimum atomic E-state index is -1.97. The molecule has 0 N–H and O–H groups in total. The molecule has 5 atom stereocenters. The van der Waals surface area contributed by atoms with Gasteiger partial charge in [-0.05, 0) is 73.1 Å². The number of rotatable bonds is 6. The van der Waals surface area contributed by atoms with Gasteiger partial charge in [0.05, 0.1) is 19.3 Å². The zero-order valence-electron chi connectivity index (χ0n) is 20.7. The number of ether oxygens (including phenoxy) is 3. The molecule has 31 heavy (non-hydrogen) atoms. The Morgan fingerprint density at radius 3 is 2.52 bits per heavy atom. The molecule has 2 saturated carbocycles. The van der Waals surface area contributed by atoms with Gasteiger partial charge in [-0.25, -0.2) is 4.79 Å². The van der Waals surface area contributed by atoms with Crippen molar-refractivity contribution in [1.82, 2.24) is 0 Å². The molecule has 3 aliphatic rings. The Bertz CT molecular complexity index is 735. The number of allylic oxidation sites excluding steroid dienone is 2. The first-order valence-corrected chi connectivity index (χ1v) is 14.6. The highest BCUT2D eigenvalue weighted by atomic mass is 28.4. The lowest BCUT2D eigenvalue weighted by atomic mass is 9.60. The van der Waals surface area contributed by atoms with Crippen LogP contribution in [0, 0.1) is 17.3 Å². The lowest BCUT2D eigenvalue weighted by molar-refractivity contribution is -0.136. The van der Waals surface area contributed by atoms with E-state index in [-0.39, 0.29) is 28.6 Å². The molecular weight excluding hydrogens is 408 g/mol. The van der Waals surface area contributed by atoms with Gasteiger partial charge in [0.15, 0.2) is 8.32 Å². The van der Waals surface area contributed by atoms with Crippen LogP contribution >= 0.6 is 0 Å². The average molecular weight is 451 g/mol. The molecule has 3 rings (SSSR count). The number of hydrogen-bond acceptors (Lipinski definition) is 5. The first kappa shape index (κ1) is 24.7. The number of carbonyl (C=O) groups excluding carboxylic acids is 1. The predicted molar refractivity (Wildman–Crippen MR) is 125 cm³/mol. The second kappa shape index (κ2) is 9.12. The predicted octanol–water partition coefficient (Wildman–Crippen LogP) is 5.62. The molecular formula is C25H42O5Si. The molecule has 0 bridgehead atoms. The molecule has 0 unspecified atom stereocenters. The average Bonchev–Trinajstić information content (AvgIpc) is 2.86. The van der Waals surface area contributed by atoms with Gasteiger partial charge in [-0.3, -0.25) is 0 Å². The van der Waals surface area contributed by atoms with Crippen LogP contribution in [0.4, 0.5) is 0 Å². The van der Waals surface area contributed by atoms with Crippen molar-refractivity contribution in [3.05, 3.63) is 23.3 Å². The van der Waals surface area contributed by atoms with Crippen molar-refractivity contribution >= 4 is 14.3 Å². The summed E-state index contributed by atoms with van der Waals surface area (Å²) >= 11 is 0. The summed E-state index contributed by atoms with van der Waals surface area (Å²) in [6.07, 6.45) is 9.29. The third-order valence-electron chi connectivity index (χ3n) is 8.49. The Balaban J connectivity index is 1.97. The summed E-state index contributed by atoms with van der Waals surface area (Å²) in [6, 6.07) is 0. The Morgan fingerprint density at radius 2 is 1.90 bits per heavy atom. The lowest BCUT2D eigenvalue weighted by Gasteiger charge is -2.51. The maximum absolute atomic E-state index is 12.3. The maximum atomic E-state index is 12.3. The fourth-order valence-corrected chi connectivity index (χ4v) is 6.97. The molecule has 0 aromatic rings. The van der Waals surface area contributed by atoms with Crippen molar-refractivity contribution in [2.24, 2.45) is 17.3 Å². The van der Waals surface area contributed by atoms with E-state index in [1.807, 2.05) is 0 Å². The van der Waals surface area contributed by atoms with Gasteiger partial charge in [-0.15, -0.1) is 0 Å². The van der Waals surface area contributed by atoms with Crippen LogP contribution in [-0.2, 0) is 23.4 Å². The number of methoxy groups -OCH3 is 2. The summed E-state index contributed by atoms with van der Waals surface area (Å²) < 4.78 is 23.5. The fourth-order valence-electron chi connectivity index (χ4n) is 5.69. The number of fused-ring (bicyclic) bond motifs is 3. The topological polar surface area (TPSA) is 54.0 Å². The van der Waals surface area contributed by atoms with E-state index in [9.17, 15) is 4.79 Å². The number of carbonyl (C=O) groups is 1. The van der Waals surface area contributed by atoms with Crippen LogP contribution in [0.15, 0.2) is 23.3 Å². The summed E-state index contributed by atoms with van der Waals surface area (Å²) in [6.45, 7) is 14.3. The lowest BCUT2D eigenvalue weighted by Crippen LogP contribution is -2.52. The molecule has 0 aromatic heterocycles. The monoisotopic (exact) mass is 450 g/mol. The number of hydrogen-bond donors (Lipinski definition) is 0. The quantitative estimate of drug-likeness (QED) is 0.227. The Morgan fingerprint density at radius 1 is 1.19 bits per heavy atom. The highest BCUT2D eigenvalue weighted by Crippen LogP contribution is 2.59. The van der Waals surface area contributed by atoms with E-state index in [0.717, 1.165) is 31.3 Å². The van der Waals surface area contributed by atoms with Gasteiger partial charge in [-0.1, -0.05) is 39.8 Å². The number of esters is 1. The Hall–Kier alpha value is -0.953. The Kier molecular flexibility index (Phi) is 7.26. The molecule has 0 aromatic carbocycles. The smallest absolute Gasteiger partial charge is 0.333 e. The van der Waals surface area contributed by atoms with Gasteiger partial charge in [0, 0.05) is 12.7 Å². The first-order chi connectivity index (χ1) is 14.4. The summed E-state index contributed by atoms with van der Waals surface area (Å²) in [5.41, 5.74) is 2.20. The summed E-state index contributed by atoms with van der Waals surface area (Å²) in [5, 5.41) is 0.141. The SMILES string of the molecule is COCO[C@H]1CC[C@@H]2[C@H]3CC=C(C(=O)OC)CC=C3[C@H](O[Si](C)(C)C(C)(C)C)C[C@]12C. The molecule has 6 heteroatoms. The van der Waals surface area contributed by atoms with Crippen LogP contribution in [0.25, 0.3) is 0 Å². The largest absolute Gasteiger partial charge is 0.466 e. The van der Waals surface area contributed by atoms with E-state index >= 15 is 0 Å². The van der Waals surface area contributed by atoms with Crippen molar-refractivity contribution in [3.8, 4) is 0 Å². The standard InChI is InChI=1S/C25H42O5Si/c1-24(2,3)31(7,8)30-21-15-25(4)20(13-14-22(25)29-16-27-5)18-11-9-17(23(26)28-6)10-12-19(18)21/h9,12,18,20-22H,10-11,13-16H2,1-8H3/t18-,20+,21+,22-,25-/m0/s1. The van der Waals surface area contributed by atoms with Gasteiger partial charge in [0.1, 0.15) is 6.79 Å². The third-order valence-corrected chi connectivity index (χ3v) is 13.0. The molecule has 0 spiro atoms. The van der Waals surface area contributed by atoms with Crippen LogP contribution in [0.5, 0.6) is 0 Å². The molecule has 0 radical (unpaired) electrons. The van der Waals surface area contributed by atoms with Crippen LogP contribution in [0.3, 0.4) is 0 Å². The van der Waals surface area contributed by atoms with Gasteiger partial charge >= 0.3 is 5.97 Å². The molecule has 0 heterocycles. The van der Waals surface area contributed by atoms with Crippen LogP contribution in [-0.4, -0.2) is 47.5 Å². The second-order valence-corrected chi connectivity index (χ2v) is 16.1. The summed E-state index contributed by atoms with van der Waals surface area (Å²) in [7, 11) is 1.18. The van der Waals surface area contributed by atoms with Crippen LogP contribution in [0.1, 0.15) is 59.8 Å². The zero-order valence-corrected chi connectivity index (χ0v) is 21.7. The van der Waals surface area contributed by atoms with E-state index in [2.05, 4.69) is 52.9 Å². The van der Waals surface area contributed by atoms with Crippen molar-refractivity contribution in [2.45, 2.75) is 90.1 Å². The van der Waals surface area contributed by atoms with Crippen molar-refractivity contribution < 1.29 is 23.4 Å². The first-order valence-electron chi connectivity index (χ1n) is 11.7. The van der Waals surface area contributed by atoms with E-state index < -0.39 is 8.32 Å². The van der Waals surface area contributed by atoms with E-state index in [0.29, 0.717) is 25.0 Å². The molecule has 5 nitrogen and oxygen atoms in total. The molecule has 0 saturated heterocycles. The van der Waals surface area contributed by atoms with Gasteiger partial charge in [0.25, 0.3) is 0 Å². The van der Waals surface area contributed by atoms with E-state index in [4.69, 9.17) is 18.6 Å². The minimum Gasteiger partial charge on any atom is -0.466 e. The van der Waals surface area contributed by atoms with Crippen LogP contribution in [0.2, 0.25) is 18.1 Å².